The number of amides is 1. The molecule has 0 aromatic heterocycles. The lowest BCUT2D eigenvalue weighted by Crippen LogP contribution is -2.15. The third kappa shape index (κ3) is 4.76. The van der Waals surface area contributed by atoms with Crippen molar-refractivity contribution in [1.29, 1.82) is 5.26 Å². The number of carbonyl (C=O) groups excluding carboxylic acids is 1. The molecule has 0 fully saturated rings. The molecule has 128 valence electrons. The van der Waals surface area contributed by atoms with Crippen LogP contribution >= 0.6 is 23.2 Å². The van der Waals surface area contributed by atoms with E-state index < -0.39 is 5.91 Å². The number of benzene rings is 2. The Labute approximate surface area is 157 Å². The second-order valence-corrected chi connectivity index (χ2v) is 6.40. The Morgan fingerprint density at radius 3 is 2.48 bits per heavy atom. The quantitative estimate of drug-likeness (QED) is 0.531. The first-order chi connectivity index (χ1) is 11.9. The Balaban J connectivity index is 2.19. The number of halogens is 2. The first kappa shape index (κ1) is 18.9. The molecule has 2 aromatic carbocycles. The molecule has 25 heavy (non-hydrogen) atoms. The van der Waals surface area contributed by atoms with E-state index in [1.54, 1.807) is 18.2 Å². The molecule has 0 aliphatic carbocycles. The minimum atomic E-state index is -0.568. The molecule has 4 nitrogen and oxygen atoms in total. The van der Waals surface area contributed by atoms with Gasteiger partial charge in [0.15, 0.2) is 0 Å². The van der Waals surface area contributed by atoms with Crippen molar-refractivity contribution in [3.05, 3.63) is 69.8 Å². The van der Waals surface area contributed by atoms with Crippen LogP contribution in [0.3, 0.4) is 0 Å². The SMILES string of the molecule is CC(C)c1ccccc1N/C=C(/C#N)C(=O)Nc1cccc(Cl)c1Cl. The van der Waals surface area contributed by atoms with Crippen LogP contribution in [0.5, 0.6) is 0 Å². The number of para-hydroxylation sites is 1. The first-order valence-electron chi connectivity index (χ1n) is 7.65. The van der Waals surface area contributed by atoms with E-state index in [2.05, 4.69) is 24.5 Å². The smallest absolute Gasteiger partial charge is 0.267 e. The van der Waals surface area contributed by atoms with Gasteiger partial charge in [0.1, 0.15) is 11.6 Å². The summed E-state index contributed by atoms with van der Waals surface area (Å²) in [6.07, 6.45) is 1.38. The lowest BCUT2D eigenvalue weighted by Gasteiger charge is -2.12. The molecule has 2 rings (SSSR count). The van der Waals surface area contributed by atoms with Crippen molar-refractivity contribution >= 4 is 40.5 Å². The van der Waals surface area contributed by atoms with Crippen molar-refractivity contribution < 1.29 is 4.79 Å². The van der Waals surface area contributed by atoms with Gasteiger partial charge in [0.05, 0.1) is 15.7 Å². The van der Waals surface area contributed by atoms with E-state index >= 15 is 0 Å². The van der Waals surface area contributed by atoms with Crippen molar-refractivity contribution in [2.45, 2.75) is 19.8 Å². The standard InChI is InChI=1S/C19H17Cl2N3O/c1-12(2)14-6-3-4-8-16(14)23-11-13(10-22)19(25)24-17-9-5-7-15(20)18(17)21/h3-9,11-12,23H,1-2H3,(H,24,25)/b13-11-. The monoisotopic (exact) mass is 373 g/mol. The topological polar surface area (TPSA) is 64.9 Å². The normalized spacial score (nSPS) is 11.1. The zero-order valence-corrected chi connectivity index (χ0v) is 15.3. The van der Waals surface area contributed by atoms with Gasteiger partial charge in [0.25, 0.3) is 5.91 Å². The van der Waals surface area contributed by atoms with Crippen LogP contribution in [-0.4, -0.2) is 5.91 Å². The number of nitriles is 1. The minimum Gasteiger partial charge on any atom is -0.360 e. The molecular formula is C19H17Cl2N3O. The van der Waals surface area contributed by atoms with Crippen LogP contribution in [0.25, 0.3) is 0 Å². The summed E-state index contributed by atoms with van der Waals surface area (Å²) in [5, 5.41) is 15.5. The Morgan fingerprint density at radius 2 is 1.80 bits per heavy atom. The van der Waals surface area contributed by atoms with Gasteiger partial charge >= 0.3 is 0 Å². The molecule has 0 bridgehead atoms. The molecule has 1 amide bonds. The number of hydrogen-bond donors (Lipinski definition) is 2. The zero-order valence-electron chi connectivity index (χ0n) is 13.8. The molecule has 0 saturated heterocycles. The Kier molecular flexibility index (Phi) is 6.46. The lowest BCUT2D eigenvalue weighted by molar-refractivity contribution is -0.112. The predicted octanol–water partition coefficient (Wildman–Crippen LogP) is 5.57. The van der Waals surface area contributed by atoms with Crippen LogP contribution in [0.15, 0.2) is 54.2 Å². The molecule has 0 atom stereocenters. The summed E-state index contributed by atoms with van der Waals surface area (Å²) < 4.78 is 0. The highest BCUT2D eigenvalue weighted by atomic mass is 35.5. The molecular weight excluding hydrogens is 357 g/mol. The van der Waals surface area contributed by atoms with E-state index in [0.717, 1.165) is 11.3 Å². The lowest BCUT2D eigenvalue weighted by atomic mass is 10.0. The summed E-state index contributed by atoms with van der Waals surface area (Å²) in [6.45, 7) is 4.15. The maximum Gasteiger partial charge on any atom is 0.267 e. The highest BCUT2D eigenvalue weighted by Gasteiger charge is 2.13. The summed E-state index contributed by atoms with van der Waals surface area (Å²) in [4.78, 5) is 12.3. The van der Waals surface area contributed by atoms with Gasteiger partial charge in [-0.15, -0.1) is 0 Å². The van der Waals surface area contributed by atoms with Gasteiger partial charge in [0, 0.05) is 11.9 Å². The van der Waals surface area contributed by atoms with Gasteiger partial charge in [-0.25, -0.2) is 0 Å². The largest absolute Gasteiger partial charge is 0.360 e. The maximum absolute atomic E-state index is 12.3. The van der Waals surface area contributed by atoms with Crippen molar-refractivity contribution in [2.75, 3.05) is 10.6 Å². The van der Waals surface area contributed by atoms with E-state index in [1.165, 1.54) is 6.20 Å². The summed E-state index contributed by atoms with van der Waals surface area (Å²) in [5.41, 5.74) is 2.21. The molecule has 2 N–H and O–H groups in total. The number of hydrogen-bond acceptors (Lipinski definition) is 3. The third-order valence-corrected chi connectivity index (χ3v) is 4.34. The van der Waals surface area contributed by atoms with Crippen molar-refractivity contribution in [1.82, 2.24) is 0 Å². The third-order valence-electron chi connectivity index (χ3n) is 3.52. The van der Waals surface area contributed by atoms with Crippen molar-refractivity contribution in [3.8, 4) is 6.07 Å². The second kappa shape index (κ2) is 8.57. The molecule has 0 unspecified atom stereocenters. The number of rotatable bonds is 5. The molecule has 0 radical (unpaired) electrons. The molecule has 0 saturated carbocycles. The van der Waals surface area contributed by atoms with E-state index in [-0.39, 0.29) is 10.6 Å². The Morgan fingerprint density at radius 1 is 1.12 bits per heavy atom. The molecule has 2 aromatic rings. The zero-order chi connectivity index (χ0) is 18.4. The van der Waals surface area contributed by atoms with Gasteiger partial charge in [-0.3, -0.25) is 4.79 Å². The van der Waals surface area contributed by atoms with Gasteiger partial charge in [-0.05, 0) is 29.7 Å². The van der Waals surface area contributed by atoms with Crippen LogP contribution in [0, 0.1) is 11.3 Å². The van der Waals surface area contributed by atoms with Crippen LogP contribution in [-0.2, 0) is 4.79 Å². The number of anilines is 2. The molecule has 0 aliphatic rings. The average molecular weight is 374 g/mol. The highest BCUT2D eigenvalue weighted by molar-refractivity contribution is 6.44. The summed E-state index contributed by atoms with van der Waals surface area (Å²) in [7, 11) is 0. The predicted molar refractivity (Wildman–Crippen MR) is 103 cm³/mol. The molecule has 0 spiro atoms. The Bertz CT molecular complexity index is 854. The summed E-state index contributed by atoms with van der Waals surface area (Å²) in [5.74, 6) is -0.261. The fourth-order valence-corrected chi connectivity index (χ4v) is 2.57. The minimum absolute atomic E-state index is 0.0744. The first-order valence-corrected chi connectivity index (χ1v) is 8.40. The fraction of sp³-hybridized carbons (Fsp3) is 0.158. The van der Waals surface area contributed by atoms with Gasteiger partial charge in [0.2, 0.25) is 0 Å². The number of carbonyl (C=O) groups is 1. The molecule has 0 heterocycles. The van der Waals surface area contributed by atoms with Crippen LogP contribution in [0.2, 0.25) is 10.0 Å². The second-order valence-electron chi connectivity index (χ2n) is 5.61. The van der Waals surface area contributed by atoms with Gasteiger partial charge < -0.3 is 10.6 Å². The van der Waals surface area contributed by atoms with E-state index in [1.807, 2.05) is 30.3 Å². The van der Waals surface area contributed by atoms with Crippen molar-refractivity contribution in [2.24, 2.45) is 0 Å². The van der Waals surface area contributed by atoms with E-state index in [4.69, 9.17) is 23.2 Å². The summed E-state index contributed by atoms with van der Waals surface area (Å²) >= 11 is 12.0. The molecule has 0 aliphatic heterocycles. The Hall–Kier alpha value is -2.48. The summed E-state index contributed by atoms with van der Waals surface area (Å²) in [6, 6.07) is 14.5. The maximum atomic E-state index is 12.3. The number of nitrogens with zero attached hydrogens (tertiary/aromatic N) is 1. The van der Waals surface area contributed by atoms with Crippen molar-refractivity contribution in [3.63, 3.8) is 0 Å². The average Bonchev–Trinajstić information content (AvgIpc) is 2.59. The van der Waals surface area contributed by atoms with E-state index in [9.17, 15) is 10.1 Å². The van der Waals surface area contributed by atoms with Gasteiger partial charge in [-0.2, -0.15) is 5.26 Å². The van der Waals surface area contributed by atoms with Crippen LogP contribution in [0.4, 0.5) is 11.4 Å². The molecule has 6 heteroatoms. The fourth-order valence-electron chi connectivity index (χ4n) is 2.22. The van der Waals surface area contributed by atoms with E-state index in [0.29, 0.717) is 16.6 Å². The number of nitrogens with one attached hydrogen (secondary N) is 2. The van der Waals surface area contributed by atoms with Crippen LogP contribution < -0.4 is 10.6 Å². The van der Waals surface area contributed by atoms with Crippen LogP contribution in [0.1, 0.15) is 25.3 Å². The highest BCUT2D eigenvalue weighted by Crippen LogP contribution is 2.30. The van der Waals surface area contributed by atoms with Gasteiger partial charge in [-0.1, -0.05) is 61.3 Å².